The summed E-state index contributed by atoms with van der Waals surface area (Å²) in [6.07, 6.45) is 0. The number of carbonyl (C=O) groups excluding carboxylic acids is 1. The van der Waals surface area contributed by atoms with Crippen LogP contribution in [-0.2, 0) is 9.53 Å². The summed E-state index contributed by atoms with van der Waals surface area (Å²) < 4.78 is 2.95. The van der Waals surface area contributed by atoms with Crippen LogP contribution in [-0.4, -0.2) is 22.2 Å². The van der Waals surface area contributed by atoms with E-state index in [9.17, 15) is 4.79 Å². The first kappa shape index (κ1) is 13.6. The second kappa shape index (κ2) is 6.70. The summed E-state index contributed by atoms with van der Waals surface area (Å²) in [5.74, 6) is -0.488. The molecule has 0 aromatic rings. The molecule has 0 atom stereocenters. The van der Waals surface area contributed by atoms with Crippen molar-refractivity contribution in [2.75, 3.05) is 6.61 Å². The quantitative estimate of drug-likeness (QED) is 0.521. The van der Waals surface area contributed by atoms with Gasteiger partial charge in [0, 0.05) is 20.5 Å². The molecule has 11 heavy (non-hydrogen) atoms. The van der Waals surface area contributed by atoms with Crippen molar-refractivity contribution in [3.63, 3.8) is 0 Å². The van der Waals surface area contributed by atoms with Crippen molar-refractivity contribution in [3.05, 3.63) is 0 Å². The molecule has 68 valence electrons. The minimum Gasteiger partial charge on any atom is -0.429 e. The fraction of sp³-hybridized carbons (Fsp3) is 0.833. The average Bonchev–Trinajstić information content (AvgIpc) is 1.57. The predicted molar refractivity (Wildman–Crippen MR) is 44.6 cm³/mol. The van der Waals surface area contributed by atoms with Gasteiger partial charge in [-0.15, -0.1) is 0 Å². The molecule has 0 saturated carbocycles. The van der Waals surface area contributed by atoms with Crippen molar-refractivity contribution < 1.29 is 14.6 Å². The Morgan fingerprint density at radius 3 is 1.91 bits per heavy atom. The second-order valence-electron chi connectivity index (χ2n) is 1.72. The maximum atomic E-state index is 10.1. The van der Waals surface area contributed by atoms with E-state index in [1.807, 2.05) is 0 Å². The van der Waals surface area contributed by atoms with Gasteiger partial charge in [0.1, 0.15) is 0 Å². The summed E-state index contributed by atoms with van der Waals surface area (Å²) in [6, 6.07) is 0. The van der Waals surface area contributed by atoms with Gasteiger partial charge in [-0.05, 0) is 6.92 Å². The van der Waals surface area contributed by atoms with E-state index in [1.54, 1.807) is 6.92 Å². The SMILES string of the molecule is CC(=O)OC(C)(Cl)Cl.CCO. The van der Waals surface area contributed by atoms with Gasteiger partial charge in [0.05, 0.1) is 0 Å². The molecule has 1 N–H and O–H groups in total. The van der Waals surface area contributed by atoms with Crippen molar-refractivity contribution in [1.29, 1.82) is 0 Å². The molecule has 0 fully saturated rings. The van der Waals surface area contributed by atoms with Crippen molar-refractivity contribution >= 4 is 29.2 Å². The molecule has 0 heterocycles. The zero-order valence-electron chi connectivity index (χ0n) is 6.73. The Hall–Kier alpha value is 0.01000. The number of hydrogen-bond acceptors (Lipinski definition) is 3. The highest BCUT2D eigenvalue weighted by atomic mass is 35.5. The van der Waals surface area contributed by atoms with Crippen LogP contribution in [0.3, 0.4) is 0 Å². The number of halogens is 2. The summed E-state index contributed by atoms with van der Waals surface area (Å²) in [6.45, 7) is 4.54. The van der Waals surface area contributed by atoms with Crippen LogP contribution in [0.4, 0.5) is 0 Å². The molecule has 0 spiro atoms. The number of carbonyl (C=O) groups is 1. The van der Waals surface area contributed by atoms with Gasteiger partial charge < -0.3 is 9.84 Å². The minimum absolute atomic E-state index is 0.250. The zero-order valence-corrected chi connectivity index (χ0v) is 8.24. The molecular weight excluding hydrogens is 191 g/mol. The number of alkyl halides is 2. The van der Waals surface area contributed by atoms with Crippen LogP contribution in [0, 0.1) is 0 Å². The van der Waals surface area contributed by atoms with Gasteiger partial charge in [-0.25, -0.2) is 0 Å². The topological polar surface area (TPSA) is 46.5 Å². The highest BCUT2D eigenvalue weighted by Gasteiger charge is 2.18. The third kappa shape index (κ3) is 25.6. The van der Waals surface area contributed by atoms with Gasteiger partial charge in [0.2, 0.25) is 0 Å². The Balaban J connectivity index is 0. The Bertz CT molecular complexity index is 109. The zero-order chi connectivity index (χ0) is 9.49. The lowest BCUT2D eigenvalue weighted by molar-refractivity contribution is -0.143. The molecule has 0 saturated heterocycles. The van der Waals surface area contributed by atoms with Crippen molar-refractivity contribution in [3.8, 4) is 0 Å². The highest BCUT2D eigenvalue weighted by Crippen LogP contribution is 2.20. The molecule has 0 aliphatic carbocycles. The first-order valence-electron chi connectivity index (χ1n) is 3.01. The van der Waals surface area contributed by atoms with E-state index in [1.165, 1.54) is 13.8 Å². The van der Waals surface area contributed by atoms with E-state index < -0.39 is 10.5 Å². The lowest BCUT2D eigenvalue weighted by Crippen LogP contribution is -2.15. The van der Waals surface area contributed by atoms with Gasteiger partial charge in [-0.2, -0.15) is 0 Å². The maximum absolute atomic E-state index is 10.1. The van der Waals surface area contributed by atoms with Crippen LogP contribution >= 0.6 is 23.2 Å². The van der Waals surface area contributed by atoms with Crippen LogP contribution in [0.15, 0.2) is 0 Å². The van der Waals surface area contributed by atoms with Crippen LogP contribution < -0.4 is 0 Å². The van der Waals surface area contributed by atoms with Crippen molar-refractivity contribution in [1.82, 2.24) is 0 Å². The highest BCUT2D eigenvalue weighted by molar-refractivity contribution is 6.47. The molecule has 0 bridgehead atoms. The minimum atomic E-state index is -1.38. The summed E-state index contributed by atoms with van der Waals surface area (Å²) in [7, 11) is 0. The van der Waals surface area contributed by atoms with Crippen LogP contribution in [0.5, 0.6) is 0 Å². The van der Waals surface area contributed by atoms with Crippen molar-refractivity contribution in [2.24, 2.45) is 0 Å². The maximum Gasteiger partial charge on any atom is 0.305 e. The van der Waals surface area contributed by atoms with Gasteiger partial charge in [-0.3, -0.25) is 4.79 Å². The van der Waals surface area contributed by atoms with Gasteiger partial charge >= 0.3 is 5.97 Å². The second-order valence-corrected chi connectivity index (χ2v) is 3.35. The van der Waals surface area contributed by atoms with Crippen LogP contribution in [0.25, 0.3) is 0 Å². The largest absolute Gasteiger partial charge is 0.429 e. The van der Waals surface area contributed by atoms with Crippen molar-refractivity contribution in [2.45, 2.75) is 25.3 Å². The third-order valence-corrected chi connectivity index (χ3v) is 0.477. The molecule has 0 radical (unpaired) electrons. The normalized spacial score (nSPS) is 9.64. The van der Waals surface area contributed by atoms with Crippen LogP contribution in [0.1, 0.15) is 20.8 Å². The standard InChI is InChI=1S/C4H6Cl2O2.C2H6O/c1-3(7)8-4(2,5)6;1-2-3/h1-2H3;3H,2H2,1H3. The summed E-state index contributed by atoms with van der Waals surface area (Å²) >= 11 is 10.5. The molecule has 0 rings (SSSR count). The molecule has 3 nitrogen and oxygen atoms in total. The Kier molecular flexibility index (Phi) is 8.28. The molecule has 0 aliphatic heterocycles. The molecular formula is C6H12Cl2O3. The number of aliphatic hydroxyl groups is 1. The van der Waals surface area contributed by atoms with Crippen LogP contribution in [0.2, 0.25) is 0 Å². The van der Waals surface area contributed by atoms with E-state index in [-0.39, 0.29) is 6.61 Å². The van der Waals surface area contributed by atoms with E-state index >= 15 is 0 Å². The predicted octanol–water partition coefficient (Wildman–Crippen LogP) is 1.70. The average molecular weight is 203 g/mol. The molecule has 0 unspecified atom stereocenters. The van der Waals surface area contributed by atoms with Gasteiger partial charge in [0.25, 0.3) is 4.52 Å². The lowest BCUT2D eigenvalue weighted by atomic mass is 10.7. The number of esters is 1. The summed E-state index contributed by atoms with van der Waals surface area (Å²) in [5, 5.41) is 7.57. The van der Waals surface area contributed by atoms with E-state index in [0.29, 0.717) is 0 Å². The number of rotatable bonds is 1. The Morgan fingerprint density at radius 2 is 1.91 bits per heavy atom. The third-order valence-electron chi connectivity index (χ3n) is 0.323. The molecule has 0 aromatic carbocycles. The summed E-state index contributed by atoms with van der Waals surface area (Å²) in [4.78, 5) is 10.1. The summed E-state index contributed by atoms with van der Waals surface area (Å²) in [5.41, 5.74) is 0. The molecule has 0 amide bonds. The first-order valence-corrected chi connectivity index (χ1v) is 3.77. The Labute approximate surface area is 76.2 Å². The van der Waals surface area contributed by atoms with E-state index in [4.69, 9.17) is 28.3 Å². The molecule has 5 heteroatoms. The first-order chi connectivity index (χ1) is 4.83. The number of hydrogen-bond donors (Lipinski definition) is 1. The van der Waals surface area contributed by atoms with Gasteiger partial charge in [-0.1, -0.05) is 23.2 Å². The van der Waals surface area contributed by atoms with E-state index in [0.717, 1.165) is 0 Å². The number of aliphatic hydroxyl groups excluding tert-OH is 1. The fourth-order valence-corrected chi connectivity index (χ4v) is 0.470. The smallest absolute Gasteiger partial charge is 0.305 e. The fourth-order valence-electron chi connectivity index (χ4n) is 0.252. The lowest BCUT2D eigenvalue weighted by Gasteiger charge is -2.11. The molecule has 0 aliphatic rings. The van der Waals surface area contributed by atoms with E-state index in [2.05, 4.69) is 4.74 Å². The molecule has 0 aromatic heterocycles. The number of ether oxygens (including phenoxy) is 1. The monoisotopic (exact) mass is 202 g/mol. The van der Waals surface area contributed by atoms with Gasteiger partial charge in [0.15, 0.2) is 0 Å². The Morgan fingerprint density at radius 1 is 1.64 bits per heavy atom.